The van der Waals surface area contributed by atoms with Crippen molar-refractivity contribution >= 4 is 5.97 Å². The number of carboxylic acid groups (broad SMARTS) is 1. The number of aliphatic hydroxyl groups excluding tert-OH is 2. The Balaban J connectivity index is 2.58. The van der Waals surface area contributed by atoms with Gasteiger partial charge in [-0.05, 0) is 0 Å². The molecule has 0 bridgehead atoms. The van der Waals surface area contributed by atoms with E-state index in [4.69, 9.17) is 15.3 Å². The van der Waals surface area contributed by atoms with Crippen molar-refractivity contribution in [3.8, 4) is 0 Å². The second kappa shape index (κ2) is 3.14. The molecule has 0 aromatic heterocycles. The van der Waals surface area contributed by atoms with Crippen LogP contribution in [0.5, 0.6) is 0 Å². The van der Waals surface area contributed by atoms with Crippen LogP contribution in [0.3, 0.4) is 0 Å². The van der Waals surface area contributed by atoms with Gasteiger partial charge in [-0.25, -0.2) is 5.43 Å². The molecular weight excluding hydrogens is 152 g/mol. The number of aliphatic hydroxyl groups is 2. The van der Waals surface area contributed by atoms with Crippen LogP contribution in [0.2, 0.25) is 0 Å². The fraction of sp³-hybridized carbons (Fsp3) is 0.800. The van der Waals surface area contributed by atoms with Crippen LogP contribution in [-0.2, 0) is 4.79 Å². The molecule has 0 radical (unpaired) electrons. The molecule has 6 nitrogen and oxygen atoms in total. The van der Waals surface area contributed by atoms with E-state index in [9.17, 15) is 4.79 Å². The van der Waals surface area contributed by atoms with Crippen LogP contribution in [-0.4, -0.2) is 46.1 Å². The average molecular weight is 162 g/mol. The Kier molecular flexibility index (Phi) is 2.40. The van der Waals surface area contributed by atoms with E-state index in [0.29, 0.717) is 0 Å². The first-order valence-electron chi connectivity index (χ1n) is 3.20. The summed E-state index contributed by atoms with van der Waals surface area (Å²) < 4.78 is 0. The van der Waals surface area contributed by atoms with E-state index < -0.39 is 24.2 Å². The summed E-state index contributed by atoms with van der Waals surface area (Å²) in [6, 6.07) is -1.14. The molecule has 5 N–H and O–H groups in total. The van der Waals surface area contributed by atoms with Gasteiger partial charge in [0, 0.05) is 6.54 Å². The normalized spacial score (nSPS) is 38.5. The van der Waals surface area contributed by atoms with Crippen molar-refractivity contribution in [3.05, 3.63) is 0 Å². The van der Waals surface area contributed by atoms with Crippen molar-refractivity contribution in [3.63, 3.8) is 0 Å². The summed E-state index contributed by atoms with van der Waals surface area (Å²) >= 11 is 0. The van der Waals surface area contributed by atoms with Crippen LogP contribution in [0.25, 0.3) is 0 Å². The lowest BCUT2D eigenvalue weighted by atomic mass is 10.0. The number of aliphatic carboxylic acids is 1. The van der Waals surface area contributed by atoms with Gasteiger partial charge >= 0.3 is 5.97 Å². The zero-order valence-corrected chi connectivity index (χ0v) is 5.69. The molecule has 11 heavy (non-hydrogen) atoms. The molecule has 6 heteroatoms. The fourth-order valence-corrected chi connectivity index (χ4v) is 0.910. The van der Waals surface area contributed by atoms with Gasteiger partial charge in [0.2, 0.25) is 0 Å². The molecule has 0 aromatic rings. The quantitative estimate of drug-likeness (QED) is 0.287. The summed E-state index contributed by atoms with van der Waals surface area (Å²) in [6.07, 6.45) is -2.29. The lowest BCUT2D eigenvalue weighted by molar-refractivity contribution is -0.148. The maximum Gasteiger partial charge on any atom is 0.324 e. The van der Waals surface area contributed by atoms with Crippen LogP contribution >= 0.6 is 0 Å². The summed E-state index contributed by atoms with van der Waals surface area (Å²) in [6.45, 7) is 0.144. The van der Waals surface area contributed by atoms with E-state index in [-0.39, 0.29) is 6.54 Å². The van der Waals surface area contributed by atoms with Crippen LogP contribution < -0.4 is 10.9 Å². The number of nitrogens with one attached hydrogen (secondary N) is 2. The minimum atomic E-state index is -1.26. The summed E-state index contributed by atoms with van der Waals surface area (Å²) in [5, 5.41) is 26.5. The van der Waals surface area contributed by atoms with Gasteiger partial charge in [0.25, 0.3) is 0 Å². The summed E-state index contributed by atoms with van der Waals surface area (Å²) in [5.41, 5.74) is 4.79. The van der Waals surface area contributed by atoms with E-state index in [1.165, 1.54) is 0 Å². The topological polar surface area (TPSA) is 102 Å². The molecule has 64 valence electrons. The largest absolute Gasteiger partial charge is 0.480 e. The fourth-order valence-electron chi connectivity index (χ4n) is 0.910. The van der Waals surface area contributed by atoms with Gasteiger partial charge in [0.15, 0.2) is 0 Å². The van der Waals surface area contributed by atoms with Gasteiger partial charge < -0.3 is 15.3 Å². The van der Waals surface area contributed by atoms with Gasteiger partial charge in [-0.2, -0.15) is 0 Å². The van der Waals surface area contributed by atoms with Gasteiger partial charge in [0.05, 0.1) is 6.10 Å². The molecule has 1 heterocycles. The predicted octanol–water partition coefficient (Wildman–Crippen LogP) is -2.73. The maximum absolute atomic E-state index is 10.3. The van der Waals surface area contributed by atoms with Crippen molar-refractivity contribution in [2.24, 2.45) is 0 Å². The number of hydrazine groups is 1. The third kappa shape index (κ3) is 1.66. The van der Waals surface area contributed by atoms with E-state index in [1.807, 2.05) is 0 Å². The molecule has 1 saturated heterocycles. The molecular formula is C5H10N2O4. The molecule has 0 unspecified atom stereocenters. The lowest BCUT2D eigenvalue weighted by Crippen LogP contribution is -2.63. The molecule has 3 atom stereocenters. The molecule has 1 aliphatic rings. The first-order chi connectivity index (χ1) is 5.13. The monoisotopic (exact) mass is 162 g/mol. The van der Waals surface area contributed by atoms with Gasteiger partial charge in [-0.15, -0.1) is 0 Å². The zero-order valence-electron chi connectivity index (χ0n) is 5.69. The number of hydrogen-bond acceptors (Lipinski definition) is 5. The molecule has 1 rings (SSSR count). The maximum atomic E-state index is 10.3. The number of rotatable bonds is 1. The SMILES string of the molecule is O=C(O)[C@@H]1NNC[C@H](O)[C@@H]1O. The second-order valence-corrected chi connectivity index (χ2v) is 2.40. The summed E-state index contributed by atoms with van der Waals surface area (Å²) in [4.78, 5) is 10.3. The summed E-state index contributed by atoms with van der Waals surface area (Å²) in [7, 11) is 0. The van der Waals surface area contributed by atoms with Gasteiger partial charge in [-0.3, -0.25) is 10.2 Å². The smallest absolute Gasteiger partial charge is 0.324 e. The third-order valence-corrected chi connectivity index (χ3v) is 1.57. The average Bonchev–Trinajstić information content (AvgIpc) is 1.94. The van der Waals surface area contributed by atoms with E-state index >= 15 is 0 Å². The summed E-state index contributed by atoms with van der Waals surface area (Å²) in [5.74, 6) is -1.19. The van der Waals surface area contributed by atoms with Crippen molar-refractivity contribution in [1.82, 2.24) is 10.9 Å². The highest BCUT2D eigenvalue weighted by Gasteiger charge is 2.34. The molecule has 0 aliphatic carbocycles. The first-order valence-corrected chi connectivity index (χ1v) is 3.20. The number of carbonyl (C=O) groups is 1. The van der Waals surface area contributed by atoms with E-state index in [1.54, 1.807) is 0 Å². The third-order valence-electron chi connectivity index (χ3n) is 1.57. The Labute approximate surface area is 62.8 Å². The zero-order chi connectivity index (χ0) is 8.43. The lowest BCUT2D eigenvalue weighted by Gasteiger charge is -2.30. The highest BCUT2D eigenvalue weighted by molar-refractivity contribution is 5.74. The van der Waals surface area contributed by atoms with Crippen molar-refractivity contribution in [2.75, 3.05) is 6.54 Å². The number of hydrogen-bond donors (Lipinski definition) is 5. The molecule has 0 saturated carbocycles. The van der Waals surface area contributed by atoms with E-state index in [2.05, 4.69) is 10.9 Å². The molecule has 0 spiro atoms. The molecule has 0 aromatic carbocycles. The van der Waals surface area contributed by atoms with Crippen molar-refractivity contribution in [2.45, 2.75) is 18.2 Å². The molecule has 0 amide bonds. The van der Waals surface area contributed by atoms with Crippen LogP contribution in [0.1, 0.15) is 0 Å². The minimum Gasteiger partial charge on any atom is -0.480 e. The van der Waals surface area contributed by atoms with Crippen LogP contribution in [0.4, 0.5) is 0 Å². The standard InChI is InChI=1S/C5H10N2O4/c8-2-1-6-7-3(4(2)9)5(10)11/h2-4,6-9H,1H2,(H,10,11)/t2-,3+,4-/m0/s1. The van der Waals surface area contributed by atoms with Gasteiger partial charge in [-0.1, -0.05) is 0 Å². The number of β-amino-alcohol motifs (C(OH)–C–C–N with tert-alkyl or cyclic N) is 1. The predicted molar refractivity (Wildman–Crippen MR) is 34.6 cm³/mol. The minimum absolute atomic E-state index is 0.144. The Morgan fingerprint density at radius 2 is 2.09 bits per heavy atom. The highest BCUT2D eigenvalue weighted by Crippen LogP contribution is 2.02. The Morgan fingerprint density at radius 1 is 1.45 bits per heavy atom. The van der Waals surface area contributed by atoms with Crippen molar-refractivity contribution in [1.29, 1.82) is 0 Å². The van der Waals surface area contributed by atoms with E-state index in [0.717, 1.165) is 0 Å². The molecule has 1 aliphatic heterocycles. The second-order valence-electron chi connectivity index (χ2n) is 2.40. The molecule has 1 fully saturated rings. The first kappa shape index (κ1) is 8.41. The number of carboxylic acids is 1. The Hall–Kier alpha value is -0.690. The van der Waals surface area contributed by atoms with Crippen molar-refractivity contribution < 1.29 is 20.1 Å². The highest BCUT2D eigenvalue weighted by atomic mass is 16.4. The van der Waals surface area contributed by atoms with Crippen LogP contribution in [0, 0.1) is 0 Å². The Morgan fingerprint density at radius 3 is 2.55 bits per heavy atom. The van der Waals surface area contributed by atoms with Crippen LogP contribution in [0.15, 0.2) is 0 Å². The van der Waals surface area contributed by atoms with Gasteiger partial charge in [0.1, 0.15) is 12.1 Å². The Bertz CT molecular complexity index is 163.